The van der Waals surface area contributed by atoms with Crippen molar-refractivity contribution in [3.63, 3.8) is 0 Å². The van der Waals surface area contributed by atoms with E-state index in [1.807, 2.05) is 4.90 Å². The number of nitrogens with one attached hydrogen (secondary N) is 1. The van der Waals surface area contributed by atoms with Gasteiger partial charge in [0.25, 0.3) is 0 Å². The van der Waals surface area contributed by atoms with Gasteiger partial charge in [-0.3, -0.25) is 0 Å². The summed E-state index contributed by atoms with van der Waals surface area (Å²) in [6.07, 6.45) is 0.109. The van der Waals surface area contributed by atoms with Gasteiger partial charge >= 0.3 is 6.18 Å². The monoisotopic (exact) mass is 337 g/mol. The number of nitrogens with two attached hydrogens (primary N) is 1. The predicted octanol–water partition coefficient (Wildman–Crippen LogP) is 3.81. The number of nitrogens with zero attached hydrogens (tertiary/aromatic N) is 3. The lowest BCUT2D eigenvalue weighted by Gasteiger charge is -2.29. The van der Waals surface area contributed by atoms with Crippen molar-refractivity contribution in [1.29, 1.82) is 0 Å². The Morgan fingerprint density at radius 1 is 1.04 bits per heavy atom. The van der Waals surface area contributed by atoms with E-state index in [0.29, 0.717) is 5.82 Å². The van der Waals surface area contributed by atoms with E-state index in [-0.39, 0.29) is 17.2 Å². The topological polar surface area (TPSA) is 67.1 Å². The van der Waals surface area contributed by atoms with Crippen LogP contribution < -0.4 is 16.0 Å². The second kappa shape index (κ2) is 6.54. The van der Waals surface area contributed by atoms with E-state index in [2.05, 4.69) is 15.3 Å². The van der Waals surface area contributed by atoms with Gasteiger partial charge < -0.3 is 16.0 Å². The van der Waals surface area contributed by atoms with Crippen LogP contribution in [0, 0.1) is 0 Å². The number of aromatic nitrogens is 2. The van der Waals surface area contributed by atoms with Gasteiger partial charge in [-0.05, 0) is 31.4 Å². The third-order valence-electron chi connectivity index (χ3n) is 4.00. The summed E-state index contributed by atoms with van der Waals surface area (Å²) in [7, 11) is 0. The van der Waals surface area contributed by atoms with Crippen LogP contribution in [0.1, 0.15) is 24.8 Å². The number of benzene rings is 1. The Morgan fingerprint density at radius 3 is 2.46 bits per heavy atom. The fourth-order valence-corrected chi connectivity index (χ4v) is 2.81. The maximum Gasteiger partial charge on any atom is 0.418 e. The van der Waals surface area contributed by atoms with E-state index in [0.717, 1.165) is 38.4 Å². The Bertz CT molecular complexity index is 711. The molecule has 1 aliphatic heterocycles. The molecule has 0 bridgehead atoms. The molecule has 3 N–H and O–H groups in total. The fraction of sp³-hybridized carbons (Fsp3) is 0.375. The van der Waals surface area contributed by atoms with Crippen LogP contribution in [-0.2, 0) is 6.18 Å². The summed E-state index contributed by atoms with van der Waals surface area (Å²) < 4.78 is 39.3. The van der Waals surface area contributed by atoms with E-state index in [1.54, 1.807) is 0 Å². The molecule has 1 aromatic heterocycles. The van der Waals surface area contributed by atoms with Crippen LogP contribution in [0.4, 0.5) is 36.2 Å². The number of halogens is 3. The molecule has 0 amide bonds. The minimum absolute atomic E-state index is 0.0833. The van der Waals surface area contributed by atoms with Crippen molar-refractivity contribution in [3.8, 4) is 0 Å². The molecule has 0 atom stereocenters. The van der Waals surface area contributed by atoms with Crippen molar-refractivity contribution in [1.82, 2.24) is 9.97 Å². The van der Waals surface area contributed by atoms with Crippen molar-refractivity contribution in [2.24, 2.45) is 0 Å². The number of hydrogen-bond acceptors (Lipinski definition) is 5. The van der Waals surface area contributed by atoms with E-state index in [9.17, 15) is 13.2 Å². The highest BCUT2D eigenvalue weighted by molar-refractivity contribution is 5.79. The van der Waals surface area contributed by atoms with Crippen LogP contribution >= 0.6 is 0 Å². The van der Waals surface area contributed by atoms with Crippen LogP contribution in [0.2, 0.25) is 0 Å². The summed E-state index contributed by atoms with van der Waals surface area (Å²) in [4.78, 5) is 10.3. The van der Waals surface area contributed by atoms with Crippen LogP contribution in [-0.4, -0.2) is 23.1 Å². The van der Waals surface area contributed by atoms with Crippen molar-refractivity contribution >= 4 is 23.0 Å². The number of anilines is 4. The smallest absolute Gasteiger partial charge is 0.393 e. The van der Waals surface area contributed by atoms with E-state index >= 15 is 0 Å². The number of rotatable bonds is 3. The maximum absolute atomic E-state index is 13.1. The van der Waals surface area contributed by atoms with Crippen molar-refractivity contribution in [3.05, 3.63) is 36.2 Å². The molecule has 24 heavy (non-hydrogen) atoms. The molecule has 2 aromatic rings. The summed E-state index contributed by atoms with van der Waals surface area (Å²) in [5.41, 5.74) is 5.53. The lowest BCUT2D eigenvalue weighted by Crippen LogP contribution is -2.31. The van der Waals surface area contributed by atoms with Gasteiger partial charge in [-0.2, -0.15) is 13.2 Å². The van der Waals surface area contributed by atoms with Gasteiger partial charge in [-0.1, -0.05) is 12.1 Å². The van der Waals surface area contributed by atoms with Crippen LogP contribution in [0.3, 0.4) is 0 Å². The van der Waals surface area contributed by atoms with Gasteiger partial charge in [-0.15, -0.1) is 0 Å². The Hall–Kier alpha value is -2.51. The fourth-order valence-electron chi connectivity index (χ4n) is 2.81. The number of para-hydroxylation sites is 1. The van der Waals surface area contributed by atoms with Gasteiger partial charge in [-0.25, -0.2) is 9.97 Å². The summed E-state index contributed by atoms with van der Waals surface area (Å²) in [6, 6.07) is 5.24. The molecule has 0 aliphatic carbocycles. The third kappa shape index (κ3) is 3.37. The molecule has 0 saturated carbocycles. The molecule has 1 fully saturated rings. The summed E-state index contributed by atoms with van der Waals surface area (Å²) >= 11 is 0. The predicted molar refractivity (Wildman–Crippen MR) is 87.2 cm³/mol. The SMILES string of the molecule is Nc1c(Nc2ccccc2C(F)(F)F)ncnc1N1CCCCC1. The van der Waals surface area contributed by atoms with E-state index in [1.165, 1.54) is 24.5 Å². The molecular formula is C16H18F3N5. The average Bonchev–Trinajstić information content (AvgIpc) is 2.57. The zero-order valence-electron chi connectivity index (χ0n) is 13.0. The Balaban J connectivity index is 1.92. The van der Waals surface area contributed by atoms with Gasteiger partial charge in [0, 0.05) is 13.1 Å². The highest BCUT2D eigenvalue weighted by atomic mass is 19.4. The second-order valence-corrected chi connectivity index (χ2v) is 5.68. The Labute approximate surface area is 137 Å². The van der Waals surface area contributed by atoms with Crippen LogP contribution in [0.5, 0.6) is 0 Å². The molecule has 0 radical (unpaired) electrons. The molecule has 0 spiro atoms. The van der Waals surface area contributed by atoms with E-state index < -0.39 is 11.7 Å². The summed E-state index contributed by atoms with van der Waals surface area (Å²) in [5, 5.41) is 2.70. The van der Waals surface area contributed by atoms with Gasteiger partial charge in [0.15, 0.2) is 11.6 Å². The third-order valence-corrected chi connectivity index (χ3v) is 4.00. The first-order valence-electron chi connectivity index (χ1n) is 7.75. The largest absolute Gasteiger partial charge is 0.418 e. The minimum Gasteiger partial charge on any atom is -0.393 e. The first kappa shape index (κ1) is 16.4. The average molecular weight is 337 g/mol. The lowest BCUT2D eigenvalue weighted by molar-refractivity contribution is -0.136. The van der Waals surface area contributed by atoms with E-state index in [4.69, 9.17) is 5.73 Å². The summed E-state index contributed by atoms with van der Waals surface area (Å²) in [5.74, 6) is 0.749. The molecular weight excluding hydrogens is 319 g/mol. The first-order valence-corrected chi connectivity index (χ1v) is 7.75. The van der Waals surface area contributed by atoms with Crippen LogP contribution in [0.25, 0.3) is 0 Å². The molecule has 1 aliphatic rings. The van der Waals surface area contributed by atoms with Crippen molar-refractivity contribution in [2.45, 2.75) is 25.4 Å². The zero-order chi connectivity index (χ0) is 17.2. The zero-order valence-corrected chi connectivity index (χ0v) is 13.0. The molecule has 1 saturated heterocycles. The second-order valence-electron chi connectivity index (χ2n) is 5.68. The Kier molecular flexibility index (Phi) is 4.46. The molecule has 128 valence electrons. The molecule has 0 unspecified atom stereocenters. The van der Waals surface area contributed by atoms with Gasteiger partial charge in [0.05, 0.1) is 11.3 Å². The molecule has 2 heterocycles. The molecule has 5 nitrogen and oxygen atoms in total. The van der Waals surface area contributed by atoms with Gasteiger partial charge in [0.1, 0.15) is 12.0 Å². The highest BCUT2D eigenvalue weighted by Crippen LogP contribution is 2.37. The lowest BCUT2D eigenvalue weighted by atomic mass is 10.1. The standard InChI is InChI=1S/C16H18F3N5/c17-16(18,19)11-6-2-3-7-12(11)23-14-13(20)15(22-10-21-14)24-8-4-1-5-9-24/h2-3,6-7,10H,1,4-5,8-9,20H2,(H,21,22,23). The van der Waals surface area contributed by atoms with Crippen molar-refractivity contribution in [2.75, 3.05) is 29.0 Å². The first-order chi connectivity index (χ1) is 11.5. The highest BCUT2D eigenvalue weighted by Gasteiger charge is 2.33. The quantitative estimate of drug-likeness (QED) is 0.891. The molecule has 8 heteroatoms. The minimum atomic E-state index is -4.46. The molecule has 3 rings (SSSR count). The normalized spacial score (nSPS) is 15.4. The number of piperidine rings is 1. The Morgan fingerprint density at radius 2 is 1.75 bits per heavy atom. The maximum atomic E-state index is 13.1. The van der Waals surface area contributed by atoms with Gasteiger partial charge in [0.2, 0.25) is 0 Å². The van der Waals surface area contributed by atoms with Crippen LogP contribution in [0.15, 0.2) is 30.6 Å². The number of nitrogen functional groups attached to an aromatic ring is 1. The number of hydrogen-bond donors (Lipinski definition) is 2. The number of alkyl halides is 3. The molecule has 1 aromatic carbocycles. The van der Waals surface area contributed by atoms with Crippen molar-refractivity contribution < 1.29 is 13.2 Å². The summed E-state index contributed by atoms with van der Waals surface area (Å²) in [6.45, 7) is 1.67.